The molecule has 0 aliphatic rings. The lowest BCUT2D eigenvalue weighted by molar-refractivity contribution is 0.963. The van der Waals surface area contributed by atoms with Gasteiger partial charge in [-0.15, -0.1) is 0 Å². The van der Waals surface area contributed by atoms with E-state index in [2.05, 4.69) is 20.9 Å². The molecule has 2 aromatic carbocycles. The summed E-state index contributed by atoms with van der Waals surface area (Å²) in [6.45, 7) is 0. The van der Waals surface area contributed by atoms with E-state index in [0.29, 0.717) is 20.7 Å². The van der Waals surface area contributed by atoms with Crippen LogP contribution >= 0.6 is 36.0 Å². The van der Waals surface area contributed by atoms with E-state index in [4.69, 9.17) is 36.0 Å². The molecule has 0 aliphatic carbocycles. The highest BCUT2D eigenvalue weighted by atomic mass is 35.5. The zero-order chi connectivity index (χ0) is 16.2. The Balaban J connectivity index is 1.80. The molecule has 0 unspecified atom stereocenters. The summed E-state index contributed by atoms with van der Waals surface area (Å²) >= 11 is 16.4. The molecule has 0 saturated heterocycles. The van der Waals surface area contributed by atoms with E-state index < -0.39 is 0 Å². The molecule has 3 rings (SSSR count). The Hall–Kier alpha value is -2.22. The molecule has 0 spiro atoms. The lowest BCUT2D eigenvalue weighted by atomic mass is 10.2. The highest BCUT2D eigenvalue weighted by Crippen LogP contribution is 2.16. The molecule has 0 saturated carbocycles. The molecule has 116 valence electrons. The van der Waals surface area contributed by atoms with Gasteiger partial charge in [-0.25, -0.2) is 9.77 Å². The first-order valence-electron chi connectivity index (χ1n) is 6.70. The number of benzene rings is 2. The molecular formula is C15H12ClN5S2. The molecule has 23 heavy (non-hydrogen) atoms. The highest BCUT2D eigenvalue weighted by Gasteiger charge is 2.09. The largest absolute Gasteiger partial charge is 0.331 e. The van der Waals surface area contributed by atoms with Crippen LogP contribution in [-0.2, 0) is 0 Å². The minimum absolute atomic E-state index is 0.391. The van der Waals surface area contributed by atoms with Gasteiger partial charge < -0.3 is 5.32 Å². The SMILES string of the molecule is S=C(Nc1ccc(Cl)cc1)Nn1c(-c2ccccc2)n[nH]c1=S. The van der Waals surface area contributed by atoms with E-state index in [1.165, 1.54) is 0 Å². The number of hydrogen-bond donors (Lipinski definition) is 3. The van der Waals surface area contributed by atoms with Gasteiger partial charge in [-0.1, -0.05) is 41.9 Å². The molecule has 0 radical (unpaired) electrons. The topological polar surface area (TPSA) is 57.7 Å². The Labute approximate surface area is 148 Å². The molecule has 1 heterocycles. The van der Waals surface area contributed by atoms with Crippen molar-refractivity contribution in [1.29, 1.82) is 0 Å². The van der Waals surface area contributed by atoms with Gasteiger partial charge in [-0.05, 0) is 48.7 Å². The van der Waals surface area contributed by atoms with Crippen LogP contribution in [0.15, 0.2) is 54.6 Å². The van der Waals surface area contributed by atoms with Crippen molar-refractivity contribution < 1.29 is 0 Å². The molecule has 0 aliphatic heterocycles. The Morgan fingerprint density at radius 3 is 2.48 bits per heavy atom. The van der Waals surface area contributed by atoms with E-state index in [1.807, 2.05) is 42.5 Å². The first-order chi connectivity index (χ1) is 11.1. The molecule has 0 fully saturated rings. The molecule has 3 N–H and O–H groups in total. The maximum atomic E-state index is 5.87. The molecule has 0 amide bonds. The summed E-state index contributed by atoms with van der Waals surface area (Å²) in [5.41, 5.74) is 4.77. The van der Waals surface area contributed by atoms with Crippen LogP contribution in [0.25, 0.3) is 11.4 Å². The van der Waals surface area contributed by atoms with Crippen LogP contribution < -0.4 is 10.7 Å². The minimum Gasteiger partial charge on any atom is -0.331 e. The van der Waals surface area contributed by atoms with Gasteiger partial charge >= 0.3 is 0 Å². The second-order valence-electron chi connectivity index (χ2n) is 4.63. The zero-order valence-corrected chi connectivity index (χ0v) is 14.2. The van der Waals surface area contributed by atoms with Crippen LogP contribution in [0, 0.1) is 4.77 Å². The van der Waals surface area contributed by atoms with Crippen molar-refractivity contribution in [3.8, 4) is 11.4 Å². The minimum atomic E-state index is 0.391. The number of halogens is 1. The van der Waals surface area contributed by atoms with Crippen molar-refractivity contribution >= 4 is 46.8 Å². The van der Waals surface area contributed by atoms with Crippen molar-refractivity contribution in [2.75, 3.05) is 10.7 Å². The van der Waals surface area contributed by atoms with Gasteiger partial charge in [0.1, 0.15) is 0 Å². The molecular weight excluding hydrogens is 350 g/mol. The van der Waals surface area contributed by atoms with Crippen molar-refractivity contribution in [3.05, 3.63) is 64.4 Å². The summed E-state index contributed by atoms with van der Waals surface area (Å²) in [5, 5.41) is 11.1. The maximum Gasteiger partial charge on any atom is 0.215 e. The molecule has 8 heteroatoms. The number of H-pyrrole nitrogens is 1. The molecule has 0 atom stereocenters. The number of rotatable bonds is 3. The van der Waals surface area contributed by atoms with Gasteiger partial charge in [-0.3, -0.25) is 5.43 Å². The van der Waals surface area contributed by atoms with Crippen LogP contribution in [0.1, 0.15) is 0 Å². The van der Waals surface area contributed by atoms with E-state index >= 15 is 0 Å². The number of hydrogen-bond acceptors (Lipinski definition) is 3. The van der Waals surface area contributed by atoms with Gasteiger partial charge in [0, 0.05) is 16.3 Å². The second-order valence-corrected chi connectivity index (χ2v) is 5.86. The fourth-order valence-corrected chi connectivity index (χ4v) is 2.49. The van der Waals surface area contributed by atoms with E-state index in [0.717, 1.165) is 11.3 Å². The van der Waals surface area contributed by atoms with Crippen LogP contribution in [0.5, 0.6) is 0 Å². The highest BCUT2D eigenvalue weighted by molar-refractivity contribution is 7.80. The molecule has 0 bridgehead atoms. The quantitative estimate of drug-likeness (QED) is 0.610. The standard InChI is InChI=1S/C15H12ClN5S2/c16-11-6-8-12(9-7-11)17-14(22)20-21-13(18-19-15(21)23)10-4-2-1-3-5-10/h1-9H,(H,19,23)(H2,17,20,22). The summed E-state index contributed by atoms with van der Waals surface area (Å²) in [5.74, 6) is 0.649. The Morgan fingerprint density at radius 2 is 1.78 bits per heavy atom. The summed E-state index contributed by atoms with van der Waals surface area (Å²) in [6, 6.07) is 16.9. The number of anilines is 1. The van der Waals surface area contributed by atoms with Crippen LogP contribution in [0.3, 0.4) is 0 Å². The van der Waals surface area contributed by atoms with Crippen molar-refractivity contribution in [2.45, 2.75) is 0 Å². The monoisotopic (exact) mass is 361 g/mol. The number of nitrogens with one attached hydrogen (secondary N) is 3. The predicted octanol–water partition coefficient (Wildman–Crippen LogP) is 4.20. The lowest BCUT2D eigenvalue weighted by Gasteiger charge is -2.12. The Morgan fingerprint density at radius 1 is 1.09 bits per heavy atom. The average molecular weight is 362 g/mol. The zero-order valence-electron chi connectivity index (χ0n) is 11.8. The lowest BCUT2D eigenvalue weighted by Crippen LogP contribution is -2.28. The first kappa shape index (κ1) is 15.7. The van der Waals surface area contributed by atoms with Gasteiger partial charge in [0.25, 0.3) is 0 Å². The fraction of sp³-hybridized carbons (Fsp3) is 0. The number of aromatic amines is 1. The van der Waals surface area contributed by atoms with Crippen LogP contribution in [0.4, 0.5) is 5.69 Å². The van der Waals surface area contributed by atoms with Gasteiger partial charge in [0.2, 0.25) is 4.77 Å². The Kier molecular flexibility index (Phi) is 4.71. The van der Waals surface area contributed by atoms with Crippen LogP contribution in [0.2, 0.25) is 5.02 Å². The first-order valence-corrected chi connectivity index (χ1v) is 7.89. The van der Waals surface area contributed by atoms with E-state index in [9.17, 15) is 0 Å². The van der Waals surface area contributed by atoms with Crippen molar-refractivity contribution in [3.63, 3.8) is 0 Å². The van der Waals surface area contributed by atoms with Gasteiger partial charge in [0.05, 0.1) is 0 Å². The summed E-state index contributed by atoms with van der Waals surface area (Å²) in [4.78, 5) is 0. The molecule has 5 nitrogen and oxygen atoms in total. The third-order valence-corrected chi connectivity index (χ3v) is 3.74. The van der Waals surface area contributed by atoms with Crippen molar-refractivity contribution in [1.82, 2.24) is 14.9 Å². The Bertz CT molecular complexity index is 871. The molecule has 3 aromatic rings. The summed E-state index contributed by atoms with van der Waals surface area (Å²) in [6.07, 6.45) is 0. The number of nitrogens with zero attached hydrogens (tertiary/aromatic N) is 2. The summed E-state index contributed by atoms with van der Waals surface area (Å²) in [7, 11) is 0. The number of thiocarbonyl (C=S) groups is 1. The normalized spacial score (nSPS) is 10.3. The second kappa shape index (κ2) is 6.91. The van der Waals surface area contributed by atoms with E-state index in [-0.39, 0.29) is 0 Å². The maximum absolute atomic E-state index is 5.87. The smallest absolute Gasteiger partial charge is 0.215 e. The van der Waals surface area contributed by atoms with E-state index in [1.54, 1.807) is 16.8 Å². The van der Waals surface area contributed by atoms with Gasteiger partial charge in [0.15, 0.2) is 10.9 Å². The molecule has 1 aromatic heterocycles. The van der Waals surface area contributed by atoms with Crippen LogP contribution in [-0.4, -0.2) is 20.0 Å². The third kappa shape index (κ3) is 3.76. The predicted molar refractivity (Wildman–Crippen MR) is 99.9 cm³/mol. The summed E-state index contributed by atoms with van der Waals surface area (Å²) < 4.78 is 2.04. The van der Waals surface area contributed by atoms with Crippen molar-refractivity contribution in [2.24, 2.45) is 0 Å². The average Bonchev–Trinajstić information content (AvgIpc) is 2.91. The number of aromatic nitrogens is 3. The fourth-order valence-electron chi connectivity index (χ4n) is 1.98. The van der Waals surface area contributed by atoms with Gasteiger partial charge in [-0.2, -0.15) is 5.10 Å². The third-order valence-electron chi connectivity index (χ3n) is 3.02.